The molecule has 0 spiro atoms. The lowest BCUT2D eigenvalue weighted by Crippen LogP contribution is -2.39. The summed E-state index contributed by atoms with van der Waals surface area (Å²) in [4.78, 5) is 22.7. The van der Waals surface area contributed by atoms with Crippen LogP contribution in [0.25, 0.3) is 0 Å². The van der Waals surface area contributed by atoms with Crippen LogP contribution >= 0.6 is 0 Å². The van der Waals surface area contributed by atoms with Crippen LogP contribution in [0.15, 0.2) is 30.3 Å². The Morgan fingerprint density at radius 3 is 2.46 bits per heavy atom. The third-order valence-corrected chi connectivity index (χ3v) is 3.99. The molecule has 1 aliphatic rings. The summed E-state index contributed by atoms with van der Waals surface area (Å²) in [5, 5.41) is 5.58. The highest BCUT2D eigenvalue weighted by Gasteiger charge is 2.26. The van der Waals surface area contributed by atoms with Gasteiger partial charge in [-0.2, -0.15) is 9.97 Å². The van der Waals surface area contributed by atoms with Crippen LogP contribution in [0.4, 0.5) is 20.8 Å². The number of hydrogen-bond acceptors (Lipinski definition) is 6. The number of nitrogens with one attached hydrogen (secondary N) is 2. The molecule has 1 saturated heterocycles. The smallest absolute Gasteiger partial charge is 0.319 e. The van der Waals surface area contributed by atoms with Gasteiger partial charge in [0.1, 0.15) is 5.82 Å². The molecule has 0 saturated carbocycles. The molecule has 1 aromatic heterocycles. The molecule has 2 N–H and O–H groups in total. The zero-order valence-electron chi connectivity index (χ0n) is 14.5. The maximum absolute atomic E-state index is 12.9. The number of urea groups is 1. The van der Waals surface area contributed by atoms with Crippen LogP contribution in [-0.2, 0) is 0 Å². The Kier molecular flexibility index (Phi) is 5.35. The lowest BCUT2D eigenvalue weighted by molar-refractivity contribution is 0.249. The van der Waals surface area contributed by atoms with E-state index in [-0.39, 0.29) is 17.9 Å². The second kappa shape index (κ2) is 7.85. The average Bonchev–Trinajstić information content (AvgIpc) is 3.11. The molecule has 1 aliphatic heterocycles. The number of rotatable bonds is 5. The molecule has 3 rings (SSSR count). The predicted molar refractivity (Wildman–Crippen MR) is 94.3 cm³/mol. The van der Waals surface area contributed by atoms with Crippen molar-refractivity contribution in [3.05, 3.63) is 36.1 Å². The van der Waals surface area contributed by atoms with Crippen LogP contribution in [0.3, 0.4) is 0 Å². The van der Waals surface area contributed by atoms with Gasteiger partial charge in [0.05, 0.1) is 20.3 Å². The molecule has 0 bridgehead atoms. The summed E-state index contributed by atoms with van der Waals surface area (Å²) in [6, 6.07) is 6.80. The second-order valence-electron chi connectivity index (χ2n) is 5.79. The molecule has 1 fully saturated rings. The topological polar surface area (TPSA) is 88.6 Å². The first-order valence-electron chi connectivity index (χ1n) is 8.12. The van der Waals surface area contributed by atoms with Crippen LogP contribution in [0, 0.1) is 5.82 Å². The van der Waals surface area contributed by atoms with E-state index < -0.39 is 0 Å². The minimum Gasteiger partial charge on any atom is -0.481 e. The van der Waals surface area contributed by atoms with Crippen LogP contribution < -0.4 is 25.0 Å². The number of benzene rings is 1. The van der Waals surface area contributed by atoms with Gasteiger partial charge < -0.3 is 25.0 Å². The highest BCUT2D eigenvalue weighted by atomic mass is 19.1. The zero-order valence-corrected chi connectivity index (χ0v) is 14.5. The first-order valence-corrected chi connectivity index (χ1v) is 8.12. The lowest BCUT2D eigenvalue weighted by atomic mass is 10.3. The third kappa shape index (κ3) is 4.29. The molecular weight excluding hydrogens is 341 g/mol. The Balaban J connectivity index is 1.58. The van der Waals surface area contributed by atoms with E-state index in [1.807, 2.05) is 4.90 Å². The summed E-state index contributed by atoms with van der Waals surface area (Å²) in [6.45, 7) is 1.25. The van der Waals surface area contributed by atoms with Crippen molar-refractivity contribution in [1.29, 1.82) is 0 Å². The van der Waals surface area contributed by atoms with E-state index in [1.165, 1.54) is 38.5 Å². The van der Waals surface area contributed by atoms with Crippen molar-refractivity contribution in [3.8, 4) is 11.8 Å². The van der Waals surface area contributed by atoms with E-state index in [0.29, 0.717) is 36.5 Å². The number of carbonyl (C=O) groups excluding carboxylic acids is 1. The van der Waals surface area contributed by atoms with Crippen LogP contribution in [0.5, 0.6) is 11.8 Å². The molecule has 0 unspecified atom stereocenters. The van der Waals surface area contributed by atoms with E-state index in [2.05, 4.69) is 20.6 Å². The van der Waals surface area contributed by atoms with Gasteiger partial charge in [0, 0.05) is 24.8 Å². The van der Waals surface area contributed by atoms with Gasteiger partial charge in [-0.05, 0) is 30.7 Å². The van der Waals surface area contributed by atoms with E-state index in [1.54, 1.807) is 6.07 Å². The van der Waals surface area contributed by atoms with Gasteiger partial charge in [0.15, 0.2) is 0 Å². The number of nitrogens with zero attached hydrogens (tertiary/aromatic N) is 3. The largest absolute Gasteiger partial charge is 0.481 e. The number of anilines is 2. The second-order valence-corrected chi connectivity index (χ2v) is 5.79. The predicted octanol–water partition coefficient (Wildman–Crippen LogP) is 2.03. The number of hydrogen-bond donors (Lipinski definition) is 2. The summed E-state index contributed by atoms with van der Waals surface area (Å²) >= 11 is 0. The lowest BCUT2D eigenvalue weighted by Gasteiger charge is -2.18. The van der Waals surface area contributed by atoms with E-state index in [9.17, 15) is 9.18 Å². The summed E-state index contributed by atoms with van der Waals surface area (Å²) in [5.74, 6) is 0.968. The van der Waals surface area contributed by atoms with Crippen molar-refractivity contribution in [2.75, 3.05) is 37.5 Å². The highest BCUT2D eigenvalue weighted by molar-refractivity contribution is 5.89. The average molecular weight is 361 g/mol. The van der Waals surface area contributed by atoms with Crippen molar-refractivity contribution in [2.24, 2.45) is 0 Å². The van der Waals surface area contributed by atoms with E-state index >= 15 is 0 Å². The fraction of sp³-hybridized carbons (Fsp3) is 0.353. The minimum atomic E-state index is -0.351. The van der Waals surface area contributed by atoms with Crippen LogP contribution in [-0.4, -0.2) is 49.4 Å². The molecular formula is C17H20FN5O3. The number of aromatic nitrogens is 2. The first kappa shape index (κ1) is 17.7. The van der Waals surface area contributed by atoms with Crippen molar-refractivity contribution in [3.63, 3.8) is 0 Å². The van der Waals surface area contributed by atoms with E-state index in [4.69, 9.17) is 9.47 Å². The van der Waals surface area contributed by atoms with Gasteiger partial charge in [-0.1, -0.05) is 0 Å². The first-order chi connectivity index (χ1) is 12.6. The minimum absolute atomic E-state index is 0.0590. The fourth-order valence-corrected chi connectivity index (χ4v) is 2.69. The molecule has 26 heavy (non-hydrogen) atoms. The Bertz CT molecular complexity index is 749. The number of halogens is 1. The fourth-order valence-electron chi connectivity index (χ4n) is 2.69. The summed E-state index contributed by atoms with van der Waals surface area (Å²) in [6.07, 6.45) is 0.750. The Morgan fingerprint density at radius 1 is 1.19 bits per heavy atom. The number of ether oxygens (including phenoxy) is 2. The van der Waals surface area contributed by atoms with Crippen LogP contribution in [0.1, 0.15) is 6.42 Å². The van der Waals surface area contributed by atoms with Crippen molar-refractivity contribution in [1.82, 2.24) is 15.3 Å². The zero-order chi connectivity index (χ0) is 18.5. The third-order valence-electron chi connectivity index (χ3n) is 3.99. The maximum atomic E-state index is 12.9. The SMILES string of the molecule is COc1cc(OC)nc(N2CC[C@@H](NC(=O)Nc3ccc(F)cc3)C2)n1. The Hall–Kier alpha value is -3.10. The molecule has 8 nitrogen and oxygen atoms in total. The van der Waals surface area contributed by atoms with Gasteiger partial charge in [-0.3, -0.25) is 0 Å². The van der Waals surface area contributed by atoms with Crippen molar-refractivity contribution < 1.29 is 18.7 Å². The molecule has 2 amide bonds. The summed E-state index contributed by atoms with van der Waals surface area (Å²) in [5.41, 5.74) is 0.527. The van der Waals surface area contributed by atoms with Gasteiger partial charge >= 0.3 is 6.03 Å². The Labute approximate surface area is 150 Å². The van der Waals surface area contributed by atoms with Gasteiger partial charge in [-0.25, -0.2) is 9.18 Å². The molecule has 1 atom stereocenters. The van der Waals surface area contributed by atoms with Gasteiger partial charge in [-0.15, -0.1) is 0 Å². The number of carbonyl (C=O) groups is 1. The standard InChI is InChI=1S/C17H20FN5O3/c1-25-14-9-15(26-2)22-16(21-14)23-8-7-13(10-23)20-17(24)19-12-5-3-11(18)4-6-12/h3-6,9,13H,7-8,10H2,1-2H3,(H2,19,20,24)/t13-/m1/s1. The molecule has 0 aliphatic carbocycles. The Morgan fingerprint density at radius 2 is 1.85 bits per heavy atom. The normalized spacial score (nSPS) is 16.3. The maximum Gasteiger partial charge on any atom is 0.319 e. The van der Waals surface area contributed by atoms with Crippen molar-refractivity contribution in [2.45, 2.75) is 12.5 Å². The molecule has 0 radical (unpaired) electrons. The summed E-state index contributed by atoms with van der Waals surface area (Å²) in [7, 11) is 3.05. The molecule has 2 heterocycles. The molecule has 2 aromatic rings. The quantitative estimate of drug-likeness (QED) is 0.847. The van der Waals surface area contributed by atoms with Crippen LogP contribution in [0.2, 0.25) is 0 Å². The number of methoxy groups -OCH3 is 2. The summed E-state index contributed by atoms with van der Waals surface area (Å²) < 4.78 is 23.2. The molecule has 1 aromatic carbocycles. The molecule has 9 heteroatoms. The van der Waals surface area contributed by atoms with Gasteiger partial charge in [0.25, 0.3) is 0 Å². The number of amides is 2. The monoisotopic (exact) mass is 361 g/mol. The van der Waals surface area contributed by atoms with Crippen molar-refractivity contribution >= 4 is 17.7 Å². The van der Waals surface area contributed by atoms with E-state index in [0.717, 1.165) is 6.42 Å². The van der Waals surface area contributed by atoms with Gasteiger partial charge in [0.2, 0.25) is 17.7 Å². The highest BCUT2D eigenvalue weighted by Crippen LogP contribution is 2.23. The molecule has 138 valence electrons.